The van der Waals surface area contributed by atoms with E-state index in [2.05, 4.69) is 12.2 Å². The lowest BCUT2D eigenvalue weighted by Crippen LogP contribution is -1.91. The minimum absolute atomic E-state index is 0.684. The molecule has 6 nitrogen and oxygen atoms in total. The van der Waals surface area contributed by atoms with Gasteiger partial charge < -0.3 is 28.1 Å². The van der Waals surface area contributed by atoms with E-state index >= 15 is 0 Å². The van der Waals surface area contributed by atoms with E-state index in [4.69, 9.17) is 28.1 Å². The molecule has 0 radical (unpaired) electrons. The Bertz CT molecular complexity index is 1590. The predicted molar refractivity (Wildman–Crippen MR) is 155 cm³/mol. The molecule has 0 amide bonds. The van der Waals surface area contributed by atoms with Gasteiger partial charge in [0, 0.05) is 28.6 Å². The first-order valence-electron chi connectivity index (χ1n) is 12.4. The highest BCUT2D eigenvalue weighted by Gasteiger charge is 2.22. The van der Waals surface area contributed by atoms with Gasteiger partial charge in [-0.1, -0.05) is 24.3 Å². The van der Waals surface area contributed by atoms with Crippen LogP contribution in [0.2, 0.25) is 0 Å². The molecule has 5 rings (SSSR count). The molecule has 39 heavy (non-hydrogen) atoms. The van der Waals surface area contributed by atoms with Crippen LogP contribution in [-0.2, 0) is 0 Å². The summed E-state index contributed by atoms with van der Waals surface area (Å²) in [7, 11) is 8.25. The Hall–Kier alpha value is -4.84. The second kappa shape index (κ2) is 11.3. The number of hydrogen-bond acceptors (Lipinski definition) is 6. The van der Waals surface area contributed by atoms with Crippen molar-refractivity contribution in [2.45, 2.75) is 0 Å². The maximum atomic E-state index is 6.57. The molecule has 0 spiro atoms. The average Bonchev–Trinajstić information content (AvgIpc) is 3.39. The highest BCUT2D eigenvalue weighted by Crippen LogP contribution is 2.46. The van der Waals surface area contributed by atoms with Gasteiger partial charge in [0.15, 0.2) is 0 Å². The van der Waals surface area contributed by atoms with E-state index in [1.54, 1.807) is 35.5 Å². The molecule has 0 unspecified atom stereocenters. The normalized spacial score (nSPS) is 11.1. The Balaban J connectivity index is 1.78. The zero-order valence-electron chi connectivity index (χ0n) is 22.6. The second-order valence-corrected chi connectivity index (χ2v) is 8.83. The third kappa shape index (κ3) is 5.27. The SMILES string of the molecule is COc1ccc(C=Cc2cc(OC)cc3oc(-c4ccc(OC)cc4)c(-c4cc(OC)cc(OC)c4)c23)cc1. The number of ether oxygens (including phenoxy) is 5. The van der Waals surface area contributed by atoms with Crippen molar-refractivity contribution in [2.24, 2.45) is 0 Å². The zero-order valence-corrected chi connectivity index (χ0v) is 22.6. The van der Waals surface area contributed by atoms with E-state index in [1.807, 2.05) is 78.9 Å². The summed E-state index contributed by atoms with van der Waals surface area (Å²) in [5.74, 6) is 4.36. The van der Waals surface area contributed by atoms with Gasteiger partial charge in [0.05, 0.1) is 35.5 Å². The Morgan fingerprint density at radius 2 is 1.05 bits per heavy atom. The molecule has 5 aromatic rings. The lowest BCUT2D eigenvalue weighted by molar-refractivity contribution is 0.394. The molecule has 0 saturated carbocycles. The summed E-state index contributed by atoms with van der Waals surface area (Å²) in [5, 5.41) is 0.946. The number of methoxy groups -OCH3 is 5. The monoisotopic (exact) mass is 522 g/mol. The largest absolute Gasteiger partial charge is 0.497 e. The molecule has 0 bridgehead atoms. The van der Waals surface area contributed by atoms with Crippen LogP contribution in [0.4, 0.5) is 0 Å². The maximum Gasteiger partial charge on any atom is 0.143 e. The fourth-order valence-electron chi connectivity index (χ4n) is 4.56. The van der Waals surface area contributed by atoms with Gasteiger partial charge in [0.25, 0.3) is 0 Å². The van der Waals surface area contributed by atoms with Crippen molar-refractivity contribution in [2.75, 3.05) is 35.5 Å². The molecule has 0 saturated heterocycles. The summed E-state index contributed by atoms with van der Waals surface area (Å²) in [6, 6.07) is 25.5. The Morgan fingerprint density at radius 3 is 1.62 bits per heavy atom. The van der Waals surface area contributed by atoms with Crippen molar-refractivity contribution >= 4 is 23.1 Å². The molecule has 6 heteroatoms. The van der Waals surface area contributed by atoms with E-state index in [1.165, 1.54) is 0 Å². The summed E-state index contributed by atoms with van der Waals surface area (Å²) in [5.41, 5.74) is 5.42. The smallest absolute Gasteiger partial charge is 0.143 e. The number of rotatable bonds is 9. The van der Waals surface area contributed by atoms with Gasteiger partial charge in [-0.25, -0.2) is 0 Å². The predicted octanol–water partition coefficient (Wildman–Crippen LogP) is 7.98. The highest BCUT2D eigenvalue weighted by molar-refractivity contribution is 6.07. The van der Waals surface area contributed by atoms with Crippen LogP contribution in [0.15, 0.2) is 83.3 Å². The van der Waals surface area contributed by atoms with Crippen molar-refractivity contribution in [3.63, 3.8) is 0 Å². The molecule has 0 aliphatic rings. The Kier molecular flexibility index (Phi) is 7.46. The van der Waals surface area contributed by atoms with Crippen LogP contribution >= 0.6 is 0 Å². The van der Waals surface area contributed by atoms with Crippen LogP contribution < -0.4 is 23.7 Å². The first-order valence-corrected chi connectivity index (χ1v) is 12.4. The number of benzene rings is 4. The fraction of sp³-hybridized carbons (Fsp3) is 0.152. The van der Waals surface area contributed by atoms with Crippen LogP contribution in [0, 0.1) is 0 Å². The number of hydrogen-bond donors (Lipinski definition) is 0. The molecule has 0 fully saturated rings. The lowest BCUT2D eigenvalue weighted by Gasteiger charge is -2.11. The van der Waals surface area contributed by atoms with Crippen LogP contribution in [-0.4, -0.2) is 35.5 Å². The maximum absolute atomic E-state index is 6.57. The van der Waals surface area contributed by atoms with E-state index in [9.17, 15) is 0 Å². The van der Waals surface area contributed by atoms with E-state index in [0.717, 1.165) is 50.5 Å². The first-order chi connectivity index (χ1) is 19.1. The quantitative estimate of drug-likeness (QED) is 0.183. The summed E-state index contributed by atoms with van der Waals surface area (Å²) >= 11 is 0. The molecule has 1 heterocycles. The van der Waals surface area contributed by atoms with Gasteiger partial charge in [0.2, 0.25) is 0 Å². The van der Waals surface area contributed by atoms with Gasteiger partial charge in [-0.3, -0.25) is 0 Å². The van der Waals surface area contributed by atoms with Gasteiger partial charge in [-0.05, 0) is 71.3 Å². The standard InChI is InChI=1S/C33H30O6/c1-34-25-12-7-21(8-13-25)6-9-23-16-29(38-5)20-30-31(23)32(24-17-27(36-3)19-28(18-24)37-4)33(39-30)22-10-14-26(35-2)15-11-22/h6-20H,1-5H3. The molecular weight excluding hydrogens is 492 g/mol. The van der Waals surface area contributed by atoms with Crippen LogP contribution in [0.3, 0.4) is 0 Å². The molecule has 198 valence electrons. The fourth-order valence-corrected chi connectivity index (χ4v) is 4.56. The minimum atomic E-state index is 0.684. The van der Waals surface area contributed by atoms with Crippen molar-refractivity contribution in [1.29, 1.82) is 0 Å². The Morgan fingerprint density at radius 1 is 0.513 bits per heavy atom. The minimum Gasteiger partial charge on any atom is -0.497 e. The number of furan rings is 1. The van der Waals surface area contributed by atoms with Gasteiger partial charge in [-0.15, -0.1) is 0 Å². The van der Waals surface area contributed by atoms with Crippen LogP contribution in [0.25, 0.3) is 45.6 Å². The summed E-state index contributed by atoms with van der Waals surface area (Å²) in [6.07, 6.45) is 4.13. The Labute approximate surface area is 228 Å². The third-order valence-electron chi connectivity index (χ3n) is 6.59. The molecular formula is C33H30O6. The van der Waals surface area contributed by atoms with E-state index < -0.39 is 0 Å². The lowest BCUT2D eigenvalue weighted by atomic mass is 9.95. The zero-order chi connectivity index (χ0) is 27.4. The van der Waals surface area contributed by atoms with Crippen LogP contribution in [0.5, 0.6) is 28.7 Å². The van der Waals surface area contributed by atoms with Crippen molar-refractivity contribution < 1.29 is 28.1 Å². The van der Waals surface area contributed by atoms with E-state index in [-0.39, 0.29) is 0 Å². The highest BCUT2D eigenvalue weighted by atomic mass is 16.5. The topological polar surface area (TPSA) is 59.3 Å². The molecule has 0 atom stereocenters. The third-order valence-corrected chi connectivity index (χ3v) is 6.59. The molecule has 4 aromatic carbocycles. The second-order valence-electron chi connectivity index (χ2n) is 8.83. The van der Waals surface area contributed by atoms with Crippen molar-refractivity contribution in [1.82, 2.24) is 0 Å². The summed E-state index contributed by atoms with van der Waals surface area (Å²) in [4.78, 5) is 0. The molecule has 1 aromatic heterocycles. The van der Waals surface area contributed by atoms with Gasteiger partial charge in [0.1, 0.15) is 40.1 Å². The average molecular weight is 523 g/mol. The number of fused-ring (bicyclic) bond motifs is 1. The van der Waals surface area contributed by atoms with E-state index in [0.29, 0.717) is 22.8 Å². The molecule has 0 aliphatic carbocycles. The van der Waals surface area contributed by atoms with Crippen molar-refractivity contribution in [3.05, 3.63) is 90.0 Å². The van der Waals surface area contributed by atoms with Crippen LogP contribution in [0.1, 0.15) is 11.1 Å². The summed E-state index contributed by atoms with van der Waals surface area (Å²) in [6.45, 7) is 0. The molecule has 0 aliphatic heterocycles. The van der Waals surface area contributed by atoms with Crippen molar-refractivity contribution in [3.8, 4) is 51.2 Å². The molecule has 0 N–H and O–H groups in total. The van der Waals surface area contributed by atoms with Gasteiger partial charge in [-0.2, -0.15) is 0 Å². The van der Waals surface area contributed by atoms with Gasteiger partial charge >= 0.3 is 0 Å². The first kappa shape index (κ1) is 25.8. The summed E-state index contributed by atoms with van der Waals surface area (Å²) < 4.78 is 34.1.